The van der Waals surface area contributed by atoms with E-state index in [1.807, 2.05) is 6.92 Å². The first-order valence-electron chi connectivity index (χ1n) is 5.28. The third kappa shape index (κ3) is 2.30. The summed E-state index contributed by atoms with van der Waals surface area (Å²) in [5.74, 6) is 0.462. The summed E-state index contributed by atoms with van der Waals surface area (Å²) in [7, 11) is 0. The van der Waals surface area contributed by atoms with Gasteiger partial charge in [0.1, 0.15) is 0 Å². The molecule has 1 rings (SSSR count). The summed E-state index contributed by atoms with van der Waals surface area (Å²) in [6.45, 7) is 10.9. The highest BCUT2D eigenvalue weighted by molar-refractivity contribution is 5.89. The van der Waals surface area contributed by atoms with Gasteiger partial charge >= 0.3 is 6.03 Å². The summed E-state index contributed by atoms with van der Waals surface area (Å²) in [4.78, 5) is 10.5. The molecule has 4 nitrogen and oxygen atoms in total. The lowest BCUT2D eigenvalue weighted by Crippen LogP contribution is -2.27. The Morgan fingerprint density at radius 3 is 2.40 bits per heavy atom. The zero-order chi connectivity index (χ0) is 11.9. The number of carbonyl (C=O) groups excluding carboxylic acids is 1. The number of amides is 2. The number of hydrogen-bond acceptors (Lipinski definition) is 2. The molecule has 0 aromatic carbocycles. The van der Waals surface area contributed by atoms with Gasteiger partial charge in [-0.15, -0.1) is 0 Å². The molecule has 4 heteroatoms. The number of hydrazone groups is 1. The van der Waals surface area contributed by atoms with Crippen LogP contribution in [0.2, 0.25) is 0 Å². The van der Waals surface area contributed by atoms with Gasteiger partial charge in [-0.2, -0.15) is 5.10 Å². The Bertz CT molecular complexity index is 303. The van der Waals surface area contributed by atoms with Crippen molar-refractivity contribution < 1.29 is 4.79 Å². The van der Waals surface area contributed by atoms with E-state index in [0.717, 1.165) is 12.1 Å². The Kier molecular flexibility index (Phi) is 2.81. The molecule has 15 heavy (non-hydrogen) atoms. The zero-order valence-corrected chi connectivity index (χ0v) is 10.2. The number of nitrogens with one attached hydrogen (secondary N) is 1. The van der Waals surface area contributed by atoms with Crippen molar-refractivity contribution in [3.05, 3.63) is 0 Å². The van der Waals surface area contributed by atoms with Gasteiger partial charge in [0, 0.05) is 11.6 Å². The van der Waals surface area contributed by atoms with Crippen LogP contribution in [0, 0.1) is 16.7 Å². The number of nitrogens with zero attached hydrogens (tertiary/aromatic N) is 1. The molecule has 1 aliphatic rings. The van der Waals surface area contributed by atoms with Crippen LogP contribution in [-0.2, 0) is 0 Å². The Balaban J connectivity index is 2.64. The first-order chi connectivity index (χ1) is 6.68. The minimum Gasteiger partial charge on any atom is -0.350 e. The summed E-state index contributed by atoms with van der Waals surface area (Å²) in [5.41, 5.74) is 8.76. The largest absolute Gasteiger partial charge is 0.350 e. The molecule has 0 bridgehead atoms. The molecule has 1 aliphatic carbocycles. The average molecular weight is 211 g/mol. The van der Waals surface area contributed by atoms with E-state index in [1.165, 1.54) is 0 Å². The molecule has 2 amide bonds. The predicted octanol–water partition coefficient (Wildman–Crippen LogP) is 2.10. The van der Waals surface area contributed by atoms with E-state index < -0.39 is 6.03 Å². The van der Waals surface area contributed by atoms with Crippen LogP contribution in [0.3, 0.4) is 0 Å². The van der Waals surface area contributed by atoms with Crippen LogP contribution in [-0.4, -0.2) is 11.7 Å². The maximum atomic E-state index is 10.5. The van der Waals surface area contributed by atoms with Crippen molar-refractivity contribution in [2.75, 3.05) is 0 Å². The fraction of sp³-hybridized carbons (Fsp3) is 0.818. The third-order valence-corrected chi connectivity index (χ3v) is 3.80. The zero-order valence-electron chi connectivity index (χ0n) is 10.2. The lowest BCUT2D eigenvalue weighted by Gasteiger charge is -2.28. The van der Waals surface area contributed by atoms with Gasteiger partial charge in [-0.1, -0.05) is 27.7 Å². The van der Waals surface area contributed by atoms with Gasteiger partial charge in [0.2, 0.25) is 0 Å². The van der Waals surface area contributed by atoms with Crippen LogP contribution >= 0.6 is 0 Å². The summed E-state index contributed by atoms with van der Waals surface area (Å²) < 4.78 is 0. The first kappa shape index (κ1) is 12.0. The Morgan fingerprint density at radius 2 is 2.07 bits per heavy atom. The molecule has 0 unspecified atom stereocenters. The van der Waals surface area contributed by atoms with Gasteiger partial charge in [-0.05, 0) is 24.2 Å². The fourth-order valence-electron chi connectivity index (χ4n) is 2.02. The molecular weight excluding hydrogens is 190 g/mol. The maximum Gasteiger partial charge on any atom is 0.332 e. The number of primary amides is 1. The second-order valence-corrected chi connectivity index (χ2v) is 5.65. The van der Waals surface area contributed by atoms with Crippen LogP contribution in [0.4, 0.5) is 4.79 Å². The van der Waals surface area contributed by atoms with Crippen molar-refractivity contribution in [1.82, 2.24) is 5.43 Å². The summed E-state index contributed by atoms with van der Waals surface area (Å²) in [6, 6.07) is -0.604. The van der Waals surface area contributed by atoms with Crippen molar-refractivity contribution in [3.63, 3.8) is 0 Å². The van der Waals surface area contributed by atoms with Crippen molar-refractivity contribution >= 4 is 11.7 Å². The lowest BCUT2D eigenvalue weighted by atomic mass is 9.77. The van der Waals surface area contributed by atoms with E-state index in [0.29, 0.717) is 11.3 Å². The van der Waals surface area contributed by atoms with Crippen molar-refractivity contribution in [3.8, 4) is 0 Å². The topological polar surface area (TPSA) is 67.5 Å². The van der Waals surface area contributed by atoms with Crippen molar-refractivity contribution in [2.24, 2.45) is 27.6 Å². The van der Waals surface area contributed by atoms with Crippen LogP contribution in [0.25, 0.3) is 0 Å². The molecule has 3 N–H and O–H groups in total. The summed E-state index contributed by atoms with van der Waals surface area (Å²) in [5, 5.41) is 3.99. The fourth-order valence-corrected chi connectivity index (χ4v) is 2.02. The molecule has 1 saturated carbocycles. The molecule has 0 spiro atoms. The second-order valence-electron chi connectivity index (χ2n) is 5.65. The highest BCUT2D eigenvalue weighted by Gasteiger charge is 2.58. The molecule has 1 fully saturated rings. The Morgan fingerprint density at radius 1 is 1.53 bits per heavy atom. The number of urea groups is 1. The molecular formula is C11H21N3O. The van der Waals surface area contributed by atoms with E-state index in [2.05, 4.69) is 38.2 Å². The number of carbonyl (C=O) groups is 1. The number of hydrogen-bond donors (Lipinski definition) is 2. The van der Waals surface area contributed by atoms with E-state index in [4.69, 9.17) is 5.73 Å². The smallest absolute Gasteiger partial charge is 0.332 e. The second kappa shape index (κ2) is 3.51. The normalized spacial score (nSPS) is 31.3. The van der Waals surface area contributed by atoms with Crippen LogP contribution in [0.5, 0.6) is 0 Å². The Labute approximate surface area is 91.3 Å². The van der Waals surface area contributed by atoms with E-state index >= 15 is 0 Å². The molecule has 86 valence electrons. The van der Waals surface area contributed by atoms with Gasteiger partial charge in [0.05, 0.1) is 0 Å². The summed E-state index contributed by atoms with van der Waals surface area (Å²) >= 11 is 0. The van der Waals surface area contributed by atoms with Gasteiger partial charge in [-0.3, -0.25) is 0 Å². The molecule has 2 atom stereocenters. The van der Waals surface area contributed by atoms with Crippen LogP contribution < -0.4 is 11.2 Å². The lowest BCUT2D eigenvalue weighted by molar-refractivity contribution is 0.226. The molecule has 0 radical (unpaired) electrons. The highest BCUT2D eigenvalue weighted by Crippen LogP contribution is 2.63. The van der Waals surface area contributed by atoms with Crippen molar-refractivity contribution in [1.29, 1.82) is 0 Å². The molecule has 0 saturated heterocycles. The van der Waals surface area contributed by atoms with Gasteiger partial charge in [0.25, 0.3) is 0 Å². The van der Waals surface area contributed by atoms with Gasteiger partial charge in [0.15, 0.2) is 0 Å². The Hall–Kier alpha value is -1.06. The molecule has 0 aromatic rings. The van der Waals surface area contributed by atoms with E-state index in [-0.39, 0.29) is 5.41 Å². The number of rotatable bonds is 2. The van der Waals surface area contributed by atoms with E-state index in [9.17, 15) is 4.79 Å². The highest BCUT2D eigenvalue weighted by atomic mass is 16.2. The van der Waals surface area contributed by atoms with Crippen molar-refractivity contribution in [2.45, 2.75) is 41.0 Å². The average Bonchev–Trinajstić information content (AvgIpc) is 2.74. The molecule has 0 aliphatic heterocycles. The van der Waals surface area contributed by atoms with E-state index in [1.54, 1.807) is 0 Å². The SMILES string of the molecule is C/C(=N/NC(N)=O)[C@H]1C[C@@]1(C)C(C)(C)C. The number of nitrogens with two attached hydrogens (primary N) is 1. The first-order valence-corrected chi connectivity index (χ1v) is 5.28. The molecule has 0 aromatic heterocycles. The minimum absolute atomic E-state index is 0.265. The molecule has 0 heterocycles. The van der Waals surface area contributed by atoms with Crippen LogP contribution in [0.1, 0.15) is 41.0 Å². The summed E-state index contributed by atoms with van der Waals surface area (Å²) in [6.07, 6.45) is 1.13. The quantitative estimate of drug-likeness (QED) is 0.533. The van der Waals surface area contributed by atoms with Gasteiger partial charge < -0.3 is 5.73 Å². The third-order valence-electron chi connectivity index (χ3n) is 3.80. The standard InChI is InChI=1S/C11H21N3O/c1-7(13-14-9(12)15)8-6-11(8,5)10(2,3)4/h8H,6H2,1-5H3,(H3,12,14,15)/b13-7-/t8-,11-/m1/s1. The monoisotopic (exact) mass is 211 g/mol. The van der Waals surface area contributed by atoms with Crippen LogP contribution in [0.15, 0.2) is 5.10 Å². The maximum absolute atomic E-state index is 10.5. The predicted molar refractivity (Wildman–Crippen MR) is 61.5 cm³/mol. The van der Waals surface area contributed by atoms with Gasteiger partial charge in [-0.25, -0.2) is 10.2 Å². The minimum atomic E-state index is -0.604.